The van der Waals surface area contributed by atoms with Crippen LogP contribution in [0.1, 0.15) is 5.56 Å². The molecule has 15 heavy (non-hydrogen) atoms. The Hall–Kier alpha value is -0.980. The van der Waals surface area contributed by atoms with Gasteiger partial charge in [-0.3, -0.25) is 10.1 Å². The number of hydrogen-bond donors (Lipinski definition) is 2. The molecule has 2 N–H and O–H groups in total. The number of hydrogen-bond acceptors (Lipinski definition) is 4. The van der Waals surface area contributed by atoms with Crippen LogP contribution >= 0.6 is 15.9 Å². The van der Waals surface area contributed by atoms with Gasteiger partial charge in [0.25, 0.3) is 5.54 Å². The molecule has 0 fully saturated rings. The SMILES string of the molecule is O=[N+]([O-])C(CO)(CO)c1cccc(Br)c1. The Labute approximate surface area is 94.6 Å². The largest absolute Gasteiger partial charge is 0.388 e. The lowest BCUT2D eigenvalue weighted by Crippen LogP contribution is -2.42. The Morgan fingerprint density at radius 3 is 2.40 bits per heavy atom. The molecule has 0 aliphatic heterocycles. The van der Waals surface area contributed by atoms with Crippen molar-refractivity contribution in [1.82, 2.24) is 0 Å². The highest BCUT2D eigenvalue weighted by atomic mass is 79.9. The normalized spacial score (nSPS) is 11.4. The number of aliphatic hydroxyl groups excluding tert-OH is 2. The lowest BCUT2D eigenvalue weighted by Gasteiger charge is -2.21. The van der Waals surface area contributed by atoms with Crippen molar-refractivity contribution in [2.75, 3.05) is 13.2 Å². The Morgan fingerprint density at radius 2 is 2.00 bits per heavy atom. The predicted molar refractivity (Wildman–Crippen MR) is 57.0 cm³/mol. The zero-order valence-corrected chi connectivity index (χ0v) is 9.35. The van der Waals surface area contributed by atoms with Gasteiger partial charge in [-0.15, -0.1) is 0 Å². The van der Waals surface area contributed by atoms with Crippen molar-refractivity contribution in [3.63, 3.8) is 0 Å². The molecule has 0 heterocycles. The van der Waals surface area contributed by atoms with Crippen molar-refractivity contribution in [3.05, 3.63) is 44.4 Å². The lowest BCUT2D eigenvalue weighted by molar-refractivity contribution is -0.586. The molecule has 0 saturated heterocycles. The van der Waals surface area contributed by atoms with Gasteiger partial charge in [-0.2, -0.15) is 0 Å². The fourth-order valence-corrected chi connectivity index (χ4v) is 1.63. The van der Waals surface area contributed by atoms with E-state index in [4.69, 9.17) is 10.2 Å². The third-order valence-electron chi connectivity index (χ3n) is 2.23. The monoisotopic (exact) mass is 275 g/mol. The molecule has 0 radical (unpaired) electrons. The molecule has 0 amide bonds. The van der Waals surface area contributed by atoms with Crippen LogP contribution in [0.2, 0.25) is 0 Å². The molecule has 0 bridgehead atoms. The molecule has 1 aromatic rings. The summed E-state index contributed by atoms with van der Waals surface area (Å²) in [7, 11) is 0. The topological polar surface area (TPSA) is 83.6 Å². The lowest BCUT2D eigenvalue weighted by atomic mass is 9.92. The first kappa shape index (κ1) is 12.1. The van der Waals surface area contributed by atoms with E-state index in [1.807, 2.05) is 0 Å². The van der Waals surface area contributed by atoms with E-state index < -0.39 is 23.7 Å². The average Bonchev–Trinajstić information content (AvgIpc) is 2.20. The van der Waals surface area contributed by atoms with Gasteiger partial charge in [0.15, 0.2) is 0 Å². The van der Waals surface area contributed by atoms with Gasteiger partial charge < -0.3 is 10.2 Å². The van der Waals surface area contributed by atoms with Crippen molar-refractivity contribution in [3.8, 4) is 0 Å². The van der Waals surface area contributed by atoms with Crippen LogP contribution in [0.15, 0.2) is 28.7 Å². The minimum absolute atomic E-state index is 0.270. The molecule has 0 saturated carbocycles. The van der Waals surface area contributed by atoms with Crippen LogP contribution in [0.5, 0.6) is 0 Å². The number of nitrogens with zero attached hydrogens (tertiary/aromatic N) is 1. The van der Waals surface area contributed by atoms with Gasteiger partial charge in [-0.25, -0.2) is 0 Å². The minimum atomic E-state index is -1.83. The molecule has 1 aromatic carbocycles. The van der Waals surface area contributed by atoms with E-state index in [0.717, 1.165) is 0 Å². The van der Waals surface area contributed by atoms with E-state index in [2.05, 4.69) is 15.9 Å². The molecule has 0 atom stereocenters. The van der Waals surface area contributed by atoms with E-state index in [0.29, 0.717) is 4.47 Å². The molecule has 0 unspecified atom stereocenters. The summed E-state index contributed by atoms with van der Waals surface area (Å²) in [5.74, 6) is 0. The molecule has 6 heteroatoms. The van der Waals surface area contributed by atoms with Gasteiger partial charge in [-0.05, 0) is 12.1 Å². The van der Waals surface area contributed by atoms with Crippen LogP contribution in [0.3, 0.4) is 0 Å². The Morgan fingerprint density at radius 1 is 1.40 bits per heavy atom. The molecule has 0 aromatic heterocycles. The van der Waals surface area contributed by atoms with Crippen LogP contribution in [-0.4, -0.2) is 28.4 Å². The molecule has 0 aliphatic carbocycles. The molecule has 0 spiro atoms. The van der Waals surface area contributed by atoms with Crippen molar-refractivity contribution in [2.45, 2.75) is 5.54 Å². The van der Waals surface area contributed by atoms with Gasteiger partial charge in [0.2, 0.25) is 0 Å². The third-order valence-corrected chi connectivity index (χ3v) is 2.73. The van der Waals surface area contributed by atoms with Gasteiger partial charge in [0.1, 0.15) is 13.2 Å². The summed E-state index contributed by atoms with van der Waals surface area (Å²) in [6, 6.07) is 6.33. The first-order chi connectivity index (χ1) is 7.06. The van der Waals surface area contributed by atoms with Gasteiger partial charge in [0, 0.05) is 15.0 Å². The van der Waals surface area contributed by atoms with Crippen LogP contribution in [-0.2, 0) is 5.54 Å². The average molecular weight is 276 g/mol. The van der Waals surface area contributed by atoms with Gasteiger partial charge in [-0.1, -0.05) is 28.1 Å². The second kappa shape index (κ2) is 4.69. The summed E-state index contributed by atoms with van der Waals surface area (Å²) in [5, 5.41) is 29.0. The van der Waals surface area contributed by atoms with Gasteiger partial charge >= 0.3 is 0 Å². The Balaban J connectivity index is 3.26. The molecular formula is C9H10BrNO4. The molecule has 0 aliphatic rings. The van der Waals surface area contributed by atoms with Crippen molar-refractivity contribution >= 4 is 15.9 Å². The predicted octanol–water partition coefficient (Wildman–Crippen LogP) is 0.906. The summed E-state index contributed by atoms with van der Waals surface area (Å²) in [5.41, 5.74) is -1.56. The van der Waals surface area contributed by atoms with E-state index in [1.165, 1.54) is 12.1 Å². The number of rotatable bonds is 4. The minimum Gasteiger partial charge on any atom is -0.388 e. The fraction of sp³-hybridized carbons (Fsp3) is 0.333. The van der Waals surface area contributed by atoms with Crippen molar-refractivity contribution < 1.29 is 15.1 Å². The number of benzene rings is 1. The zero-order chi connectivity index (χ0) is 11.5. The maximum Gasteiger partial charge on any atom is 0.292 e. The summed E-state index contributed by atoms with van der Waals surface area (Å²) >= 11 is 3.18. The smallest absolute Gasteiger partial charge is 0.292 e. The van der Waals surface area contributed by atoms with Crippen LogP contribution in [0.4, 0.5) is 0 Å². The number of halogens is 1. The number of aliphatic hydroxyl groups is 2. The molecule has 82 valence electrons. The van der Waals surface area contributed by atoms with Crippen molar-refractivity contribution in [1.29, 1.82) is 0 Å². The first-order valence-electron chi connectivity index (χ1n) is 4.19. The van der Waals surface area contributed by atoms with E-state index in [9.17, 15) is 10.1 Å². The summed E-state index contributed by atoms with van der Waals surface area (Å²) in [6.07, 6.45) is 0. The second-order valence-electron chi connectivity index (χ2n) is 3.12. The summed E-state index contributed by atoms with van der Waals surface area (Å²) in [6.45, 7) is -1.49. The van der Waals surface area contributed by atoms with E-state index in [1.54, 1.807) is 12.1 Å². The number of nitro groups is 1. The molecule has 5 nitrogen and oxygen atoms in total. The van der Waals surface area contributed by atoms with Gasteiger partial charge in [0.05, 0.1) is 0 Å². The summed E-state index contributed by atoms with van der Waals surface area (Å²) in [4.78, 5) is 10.2. The van der Waals surface area contributed by atoms with Crippen LogP contribution in [0, 0.1) is 10.1 Å². The Bertz CT molecular complexity index is 365. The summed E-state index contributed by atoms with van der Waals surface area (Å²) < 4.78 is 0.660. The van der Waals surface area contributed by atoms with E-state index >= 15 is 0 Å². The molecule has 1 rings (SSSR count). The standard InChI is InChI=1S/C9H10BrNO4/c10-8-3-1-2-7(4-8)9(5-12,6-13)11(14)15/h1-4,12-13H,5-6H2. The van der Waals surface area contributed by atoms with Crippen LogP contribution < -0.4 is 0 Å². The van der Waals surface area contributed by atoms with E-state index in [-0.39, 0.29) is 5.56 Å². The Kier molecular flexibility index (Phi) is 3.78. The highest BCUT2D eigenvalue weighted by molar-refractivity contribution is 9.10. The maximum atomic E-state index is 10.9. The first-order valence-corrected chi connectivity index (χ1v) is 4.98. The quantitative estimate of drug-likeness (QED) is 0.632. The van der Waals surface area contributed by atoms with Crippen LogP contribution in [0.25, 0.3) is 0 Å². The zero-order valence-electron chi connectivity index (χ0n) is 7.76. The fourth-order valence-electron chi connectivity index (χ4n) is 1.23. The highest BCUT2D eigenvalue weighted by Crippen LogP contribution is 2.26. The third kappa shape index (κ3) is 2.17. The molecular weight excluding hydrogens is 266 g/mol. The van der Waals surface area contributed by atoms with Crippen molar-refractivity contribution in [2.24, 2.45) is 0 Å². The maximum absolute atomic E-state index is 10.9. The highest BCUT2D eigenvalue weighted by Gasteiger charge is 2.44. The second-order valence-corrected chi connectivity index (χ2v) is 4.03.